The van der Waals surface area contributed by atoms with Gasteiger partial charge in [0.05, 0.1) is 6.61 Å². The van der Waals surface area contributed by atoms with E-state index in [1.165, 1.54) is 16.7 Å². The zero-order chi connectivity index (χ0) is 12.1. The van der Waals surface area contributed by atoms with Crippen LogP contribution in [0.4, 0.5) is 0 Å². The zero-order valence-corrected chi connectivity index (χ0v) is 10.0. The van der Waals surface area contributed by atoms with Crippen molar-refractivity contribution in [3.63, 3.8) is 0 Å². The molecule has 2 heteroatoms. The molecule has 2 N–H and O–H groups in total. The third kappa shape index (κ3) is 3.41. The molecule has 0 bridgehead atoms. The molecule has 88 valence electrons. The molecule has 0 heterocycles. The molecule has 0 fully saturated rings. The van der Waals surface area contributed by atoms with Gasteiger partial charge < -0.3 is 0 Å². The first kappa shape index (κ1) is 11.8. The predicted octanol–water partition coefficient (Wildman–Crippen LogP) is 2.98. The van der Waals surface area contributed by atoms with Crippen molar-refractivity contribution in [3.8, 4) is 0 Å². The summed E-state index contributed by atoms with van der Waals surface area (Å²) in [7, 11) is 0. The Morgan fingerprint density at radius 3 is 2.29 bits per heavy atom. The number of rotatable bonds is 4. The van der Waals surface area contributed by atoms with Gasteiger partial charge in [0.1, 0.15) is 0 Å². The molecule has 0 unspecified atom stereocenters. The van der Waals surface area contributed by atoms with Crippen LogP contribution in [-0.2, 0) is 17.9 Å². The van der Waals surface area contributed by atoms with Gasteiger partial charge in [-0.2, -0.15) is 0 Å². The van der Waals surface area contributed by atoms with Crippen molar-refractivity contribution in [2.75, 3.05) is 0 Å². The summed E-state index contributed by atoms with van der Waals surface area (Å²) in [4.78, 5) is 4.65. The number of nitrogens with two attached hydrogens (primary N) is 1. The molecule has 0 atom stereocenters. The third-order valence-electron chi connectivity index (χ3n) is 2.73. The Hall–Kier alpha value is -1.64. The Kier molecular flexibility index (Phi) is 3.91. The summed E-state index contributed by atoms with van der Waals surface area (Å²) in [6.45, 7) is 2.57. The lowest BCUT2D eigenvalue weighted by Crippen LogP contribution is -1.99. The van der Waals surface area contributed by atoms with Crippen molar-refractivity contribution in [3.05, 3.63) is 70.8 Å². The Morgan fingerprint density at radius 2 is 1.59 bits per heavy atom. The first-order valence-electron chi connectivity index (χ1n) is 5.73. The van der Waals surface area contributed by atoms with E-state index in [9.17, 15) is 0 Å². The molecular formula is C15H17NO. The molecule has 0 saturated carbocycles. The second-order valence-electron chi connectivity index (χ2n) is 4.30. The third-order valence-corrected chi connectivity index (χ3v) is 2.73. The normalized spacial score (nSPS) is 10.5. The van der Waals surface area contributed by atoms with Gasteiger partial charge in [-0.15, -0.1) is 0 Å². The summed E-state index contributed by atoms with van der Waals surface area (Å²) in [6.07, 6.45) is 0.945. The van der Waals surface area contributed by atoms with E-state index < -0.39 is 0 Å². The first-order chi connectivity index (χ1) is 8.28. The second kappa shape index (κ2) is 5.62. The second-order valence-corrected chi connectivity index (χ2v) is 4.30. The highest BCUT2D eigenvalue weighted by molar-refractivity contribution is 5.31. The van der Waals surface area contributed by atoms with E-state index in [1.54, 1.807) is 0 Å². The van der Waals surface area contributed by atoms with Gasteiger partial charge in [0.2, 0.25) is 0 Å². The average molecular weight is 227 g/mol. The quantitative estimate of drug-likeness (QED) is 0.815. The number of hydrogen-bond donors (Lipinski definition) is 1. The molecule has 0 aliphatic heterocycles. The standard InChI is InChI=1S/C15H17NO/c1-12-4-2-5-13(8-12)9-14-6-3-7-15(10-14)11-17-16/h2-8,10H,9,11,16H2,1H3. The molecular weight excluding hydrogens is 210 g/mol. The van der Waals surface area contributed by atoms with Gasteiger partial charge in [0.15, 0.2) is 0 Å². The van der Waals surface area contributed by atoms with E-state index in [4.69, 9.17) is 5.90 Å². The minimum Gasteiger partial charge on any atom is -0.300 e. The molecule has 0 saturated heterocycles. The molecule has 2 nitrogen and oxygen atoms in total. The van der Waals surface area contributed by atoms with Crippen LogP contribution in [0, 0.1) is 6.92 Å². The Labute approximate surface area is 102 Å². The molecule has 17 heavy (non-hydrogen) atoms. The maximum Gasteiger partial charge on any atom is 0.0930 e. The van der Waals surface area contributed by atoms with Crippen LogP contribution < -0.4 is 5.90 Å². The van der Waals surface area contributed by atoms with Gasteiger partial charge in [-0.05, 0) is 30.0 Å². The van der Waals surface area contributed by atoms with Crippen LogP contribution in [-0.4, -0.2) is 0 Å². The topological polar surface area (TPSA) is 35.2 Å². The van der Waals surface area contributed by atoms with Gasteiger partial charge in [-0.1, -0.05) is 54.1 Å². The van der Waals surface area contributed by atoms with Gasteiger partial charge >= 0.3 is 0 Å². The van der Waals surface area contributed by atoms with Crippen LogP contribution in [0.15, 0.2) is 48.5 Å². The molecule has 2 aromatic carbocycles. The highest BCUT2D eigenvalue weighted by atomic mass is 16.6. The first-order valence-corrected chi connectivity index (χ1v) is 5.73. The molecule has 0 aliphatic carbocycles. The summed E-state index contributed by atoms with van der Waals surface area (Å²) < 4.78 is 0. The maximum absolute atomic E-state index is 5.08. The predicted molar refractivity (Wildman–Crippen MR) is 69.4 cm³/mol. The van der Waals surface area contributed by atoms with Gasteiger partial charge in [0.25, 0.3) is 0 Å². The fraction of sp³-hybridized carbons (Fsp3) is 0.200. The average Bonchev–Trinajstić information content (AvgIpc) is 2.30. The number of benzene rings is 2. The van der Waals surface area contributed by atoms with E-state index in [0.29, 0.717) is 6.61 Å². The van der Waals surface area contributed by atoms with Crippen LogP contribution in [0.5, 0.6) is 0 Å². The van der Waals surface area contributed by atoms with Gasteiger partial charge in [-0.25, -0.2) is 5.90 Å². The van der Waals surface area contributed by atoms with E-state index in [-0.39, 0.29) is 0 Å². The SMILES string of the molecule is Cc1cccc(Cc2cccc(CON)c2)c1. The monoisotopic (exact) mass is 227 g/mol. The van der Waals surface area contributed by atoms with E-state index in [0.717, 1.165) is 12.0 Å². The van der Waals surface area contributed by atoms with Crippen molar-refractivity contribution in [1.29, 1.82) is 0 Å². The molecule has 0 spiro atoms. The molecule has 0 aliphatic rings. The summed E-state index contributed by atoms with van der Waals surface area (Å²) >= 11 is 0. The lowest BCUT2D eigenvalue weighted by Gasteiger charge is -2.05. The van der Waals surface area contributed by atoms with E-state index in [1.807, 2.05) is 12.1 Å². The molecule has 2 aromatic rings. The number of hydrogen-bond acceptors (Lipinski definition) is 2. The molecule has 2 rings (SSSR count). The maximum atomic E-state index is 5.08. The van der Waals surface area contributed by atoms with Crippen molar-refractivity contribution < 1.29 is 4.84 Å². The summed E-state index contributed by atoms with van der Waals surface area (Å²) in [5.74, 6) is 5.08. The smallest absolute Gasteiger partial charge is 0.0930 e. The molecule has 0 aromatic heterocycles. The molecule has 0 amide bonds. The van der Waals surface area contributed by atoms with Crippen molar-refractivity contribution in [2.24, 2.45) is 5.90 Å². The summed E-state index contributed by atoms with van der Waals surface area (Å²) in [5.41, 5.74) is 5.02. The van der Waals surface area contributed by atoms with Crippen LogP contribution in [0.25, 0.3) is 0 Å². The van der Waals surface area contributed by atoms with Crippen LogP contribution in [0.2, 0.25) is 0 Å². The van der Waals surface area contributed by atoms with Crippen LogP contribution >= 0.6 is 0 Å². The van der Waals surface area contributed by atoms with Crippen molar-refractivity contribution in [1.82, 2.24) is 0 Å². The lowest BCUT2D eigenvalue weighted by molar-refractivity contribution is 0.124. The largest absolute Gasteiger partial charge is 0.300 e. The van der Waals surface area contributed by atoms with Crippen LogP contribution in [0.3, 0.4) is 0 Å². The Morgan fingerprint density at radius 1 is 0.941 bits per heavy atom. The van der Waals surface area contributed by atoms with Gasteiger partial charge in [-0.3, -0.25) is 4.84 Å². The lowest BCUT2D eigenvalue weighted by atomic mass is 10.0. The number of aryl methyl sites for hydroxylation is 1. The van der Waals surface area contributed by atoms with E-state index >= 15 is 0 Å². The van der Waals surface area contributed by atoms with E-state index in [2.05, 4.69) is 48.2 Å². The minimum absolute atomic E-state index is 0.460. The molecule has 0 radical (unpaired) electrons. The fourth-order valence-electron chi connectivity index (χ4n) is 1.98. The zero-order valence-electron chi connectivity index (χ0n) is 10.0. The Bertz CT molecular complexity index is 494. The van der Waals surface area contributed by atoms with Crippen molar-refractivity contribution >= 4 is 0 Å². The fourth-order valence-corrected chi connectivity index (χ4v) is 1.98. The minimum atomic E-state index is 0.460. The highest BCUT2D eigenvalue weighted by Gasteiger charge is 1.98. The Balaban J connectivity index is 2.15. The summed E-state index contributed by atoms with van der Waals surface area (Å²) in [6, 6.07) is 16.9. The van der Waals surface area contributed by atoms with Gasteiger partial charge in [0, 0.05) is 0 Å². The van der Waals surface area contributed by atoms with Crippen molar-refractivity contribution in [2.45, 2.75) is 20.0 Å². The van der Waals surface area contributed by atoms with Crippen LogP contribution in [0.1, 0.15) is 22.3 Å². The highest BCUT2D eigenvalue weighted by Crippen LogP contribution is 2.13. The summed E-state index contributed by atoms with van der Waals surface area (Å²) in [5, 5.41) is 0.